The van der Waals surface area contributed by atoms with Crippen molar-refractivity contribution < 1.29 is 53.1 Å². The highest BCUT2D eigenvalue weighted by Gasteiger charge is 2.53. The monoisotopic (exact) mass is 936 g/mol. The molecule has 0 aromatic carbocycles. The number of fused-ring (bicyclic) bond motifs is 3. The van der Waals surface area contributed by atoms with Crippen LogP contribution in [0, 0.1) is 47.3 Å². The summed E-state index contributed by atoms with van der Waals surface area (Å²) in [5.41, 5.74) is 1.52. The first-order valence-electron chi connectivity index (χ1n) is 25.4. The number of hydrogen-bond acceptors (Lipinski definition) is 11. The number of carbonyl (C=O) groups excluding carboxylic acids is 4. The molecule has 67 heavy (non-hydrogen) atoms. The van der Waals surface area contributed by atoms with Gasteiger partial charge in [-0.05, 0) is 119 Å². The lowest BCUT2D eigenvalue weighted by molar-refractivity contribution is -0.265. The Morgan fingerprint density at radius 1 is 0.851 bits per heavy atom. The fraction of sp³-hybridized carbons (Fsp3) is 0.745. The van der Waals surface area contributed by atoms with E-state index in [0.29, 0.717) is 75.7 Å². The standard InChI is InChI=1S/C55H85NO11/c1-11-12-18-30-65-48-35-45-27-26-42(8)55(62,67-45)52(59)53(60)56-29-17-16-24-46(56)54(61)66-47(39(5)33-43-22-19-23-44(34-43)63-9)28-25-37(3)32-41(7)50(58)51(64-10)49(57)40(6)31-36(2)20-14-13-15-21-38(48)4/h13-15,20-21,32,36-37,39-40,42-48,50-51,58,62H,11,16-17,19,22-31,33-35H2,1-10H3/b15-13+,20-14+,38-21+,41-32+/t36-,37+,39-,40-,42-,43?,44+,45+,46+,47+,48+,50-,51+,55-/m1/s1. The average Bonchev–Trinajstić information content (AvgIpc) is 3.31. The van der Waals surface area contributed by atoms with E-state index in [1.807, 2.05) is 71.1 Å². The molecule has 0 spiro atoms. The van der Waals surface area contributed by atoms with Crippen LogP contribution in [0.2, 0.25) is 0 Å². The lowest BCUT2D eigenvalue weighted by Crippen LogP contribution is -2.61. The SMILES string of the molecule is CCC#CCO[C@H]1C[C@@H]2CC[C@@H](C)[C@@](O)(O2)C(=O)C(=O)N2CCCC[C@H]2C(=O)O[C@H]([C@H](C)CC2CCC[C@H](OC)C2)CC[C@H](C)/C=C(\C)[C@@H](O)[C@@H](OC)C(=O)[C@H](C)C[C@H](C)/C=C/C=C/C=C/1C. The first kappa shape index (κ1) is 56.2. The molecule has 12 heteroatoms. The Bertz CT molecular complexity index is 1810. The van der Waals surface area contributed by atoms with Gasteiger partial charge in [-0.1, -0.05) is 96.8 Å². The van der Waals surface area contributed by atoms with Crippen LogP contribution in [0.25, 0.3) is 0 Å². The third-order valence-corrected chi connectivity index (χ3v) is 14.8. The van der Waals surface area contributed by atoms with Gasteiger partial charge in [-0.25, -0.2) is 4.79 Å². The Balaban J connectivity index is 1.69. The largest absolute Gasteiger partial charge is 0.461 e. The number of rotatable bonds is 7. The molecule has 2 N–H and O–H groups in total. The van der Waals surface area contributed by atoms with Gasteiger partial charge in [-0.2, -0.15) is 0 Å². The number of esters is 1. The van der Waals surface area contributed by atoms with Gasteiger partial charge in [0, 0.05) is 45.4 Å². The van der Waals surface area contributed by atoms with Gasteiger partial charge in [0.1, 0.15) is 31.0 Å². The van der Waals surface area contributed by atoms with Crippen LogP contribution < -0.4 is 0 Å². The summed E-state index contributed by atoms with van der Waals surface area (Å²) in [7, 11) is 3.21. The Hall–Kier alpha value is -3.44. The zero-order chi connectivity index (χ0) is 49.3. The molecule has 0 radical (unpaired) electrons. The maximum Gasteiger partial charge on any atom is 0.329 e. The molecule has 3 heterocycles. The molecule has 2 saturated heterocycles. The van der Waals surface area contributed by atoms with Crippen LogP contribution in [0.4, 0.5) is 0 Å². The van der Waals surface area contributed by atoms with Crippen LogP contribution >= 0.6 is 0 Å². The Kier molecular flexibility index (Phi) is 23.2. The highest BCUT2D eigenvalue weighted by atomic mass is 16.6. The number of piperidine rings is 1. The number of hydrogen-bond donors (Lipinski definition) is 2. The summed E-state index contributed by atoms with van der Waals surface area (Å²) in [5.74, 6) is 0.314. The Morgan fingerprint density at radius 2 is 1.61 bits per heavy atom. The minimum Gasteiger partial charge on any atom is -0.461 e. The van der Waals surface area contributed by atoms with Crippen molar-refractivity contribution in [1.29, 1.82) is 0 Å². The first-order valence-corrected chi connectivity index (χ1v) is 25.4. The molecule has 4 aliphatic rings. The van der Waals surface area contributed by atoms with Crippen molar-refractivity contribution in [2.24, 2.45) is 35.5 Å². The molecule has 1 unspecified atom stereocenters. The van der Waals surface area contributed by atoms with Crippen molar-refractivity contribution in [2.45, 2.75) is 200 Å². The second-order valence-electron chi connectivity index (χ2n) is 20.3. The third-order valence-electron chi connectivity index (χ3n) is 14.8. The number of ketones is 2. The van der Waals surface area contributed by atoms with Crippen molar-refractivity contribution in [3.8, 4) is 11.8 Å². The van der Waals surface area contributed by atoms with E-state index in [1.165, 1.54) is 12.0 Å². The molecule has 1 saturated carbocycles. The third kappa shape index (κ3) is 16.3. The van der Waals surface area contributed by atoms with E-state index in [1.54, 1.807) is 14.0 Å². The topological polar surface area (TPSA) is 158 Å². The van der Waals surface area contributed by atoms with E-state index in [-0.39, 0.29) is 48.7 Å². The number of aliphatic hydroxyl groups is 2. The average molecular weight is 936 g/mol. The molecule has 3 aliphatic heterocycles. The van der Waals surface area contributed by atoms with Crippen LogP contribution in [0.15, 0.2) is 47.6 Å². The van der Waals surface area contributed by atoms with E-state index in [4.69, 9.17) is 23.7 Å². The Morgan fingerprint density at radius 3 is 2.33 bits per heavy atom. The van der Waals surface area contributed by atoms with Crippen molar-refractivity contribution in [3.05, 3.63) is 47.6 Å². The fourth-order valence-electron chi connectivity index (χ4n) is 10.5. The van der Waals surface area contributed by atoms with E-state index in [0.717, 1.165) is 37.7 Å². The predicted molar refractivity (Wildman–Crippen MR) is 260 cm³/mol. The number of carbonyl (C=O) groups is 4. The summed E-state index contributed by atoms with van der Waals surface area (Å²) in [4.78, 5) is 58.2. The summed E-state index contributed by atoms with van der Waals surface area (Å²) >= 11 is 0. The van der Waals surface area contributed by atoms with E-state index in [9.17, 15) is 29.4 Å². The van der Waals surface area contributed by atoms with Crippen LogP contribution in [0.3, 0.4) is 0 Å². The van der Waals surface area contributed by atoms with Crippen LogP contribution in [0.1, 0.15) is 152 Å². The minimum atomic E-state index is -2.39. The second-order valence-corrected chi connectivity index (χ2v) is 20.3. The van der Waals surface area contributed by atoms with Crippen molar-refractivity contribution in [2.75, 3.05) is 27.4 Å². The predicted octanol–water partition coefficient (Wildman–Crippen LogP) is 8.81. The molecule has 14 atom stereocenters. The van der Waals surface area contributed by atoms with Crippen LogP contribution in [-0.2, 0) is 42.9 Å². The molecular formula is C55H85NO11. The van der Waals surface area contributed by atoms with Crippen molar-refractivity contribution in [1.82, 2.24) is 4.90 Å². The lowest BCUT2D eigenvalue weighted by atomic mass is 9.79. The molecule has 2 bridgehead atoms. The Labute approximate surface area is 402 Å². The molecule has 1 amide bonds. The van der Waals surface area contributed by atoms with E-state index in [2.05, 4.69) is 25.7 Å². The molecule has 1 aliphatic carbocycles. The van der Waals surface area contributed by atoms with Gasteiger partial charge in [0.2, 0.25) is 5.79 Å². The molecule has 376 valence electrons. The maximum absolute atomic E-state index is 14.4. The number of allylic oxidation sites excluding steroid dienone is 6. The summed E-state index contributed by atoms with van der Waals surface area (Å²) in [6, 6.07) is -0.997. The van der Waals surface area contributed by atoms with Gasteiger partial charge in [-0.3, -0.25) is 14.4 Å². The van der Waals surface area contributed by atoms with Crippen molar-refractivity contribution >= 4 is 23.4 Å². The molecule has 12 nitrogen and oxygen atoms in total. The zero-order valence-corrected chi connectivity index (χ0v) is 42.5. The molecule has 0 aromatic rings. The zero-order valence-electron chi connectivity index (χ0n) is 42.5. The molecule has 4 rings (SSSR count). The maximum atomic E-state index is 14.4. The van der Waals surface area contributed by atoms with E-state index < -0.39 is 65.9 Å². The molecular weight excluding hydrogens is 851 g/mol. The highest BCUT2D eigenvalue weighted by Crippen LogP contribution is 2.38. The van der Waals surface area contributed by atoms with Crippen molar-refractivity contribution in [3.63, 3.8) is 0 Å². The summed E-state index contributed by atoms with van der Waals surface area (Å²) in [5, 5.41) is 23.6. The van der Waals surface area contributed by atoms with Gasteiger partial charge < -0.3 is 38.8 Å². The van der Waals surface area contributed by atoms with Crippen LogP contribution in [-0.4, -0.2) is 114 Å². The van der Waals surface area contributed by atoms with E-state index >= 15 is 0 Å². The van der Waals surface area contributed by atoms with Crippen LogP contribution in [0.5, 0.6) is 0 Å². The number of cyclic esters (lactones) is 1. The second kappa shape index (κ2) is 27.7. The molecule has 3 fully saturated rings. The highest BCUT2D eigenvalue weighted by molar-refractivity contribution is 6.39. The van der Waals surface area contributed by atoms with Gasteiger partial charge in [0.05, 0.1) is 18.3 Å². The number of amides is 1. The first-order chi connectivity index (χ1) is 31.9. The normalized spacial score (nSPS) is 38.2. The summed E-state index contributed by atoms with van der Waals surface area (Å²) in [6.07, 6.45) is 18.5. The quantitative estimate of drug-likeness (QED) is 0.109. The fourth-order valence-corrected chi connectivity index (χ4v) is 10.5. The summed E-state index contributed by atoms with van der Waals surface area (Å²) < 4.78 is 30.4. The van der Waals surface area contributed by atoms with Gasteiger partial charge in [0.15, 0.2) is 5.78 Å². The van der Waals surface area contributed by atoms with Gasteiger partial charge in [-0.15, -0.1) is 5.92 Å². The van der Waals surface area contributed by atoms with Gasteiger partial charge in [0.25, 0.3) is 11.7 Å². The number of methoxy groups -OCH3 is 2. The minimum absolute atomic E-state index is 0.0180. The lowest BCUT2D eigenvalue weighted by Gasteiger charge is -2.42. The number of ether oxygens (including phenoxy) is 5. The number of aliphatic hydroxyl groups excluding tert-OH is 1. The summed E-state index contributed by atoms with van der Waals surface area (Å²) in [6.45, 7) is 15.9. The number of Topliss-reactive ketones (excluding diaryl/α,β-unsaturated/α-hetero) is 2. The number of nitrogens with zero attached hydrogens (tertiary/aromatic N) is 1. The smallest absolute Gasteiger partial charge is 0.329 e. The van der Waals surface area contributed by atoms with Gasteiger partial charge >= 0.3 is 5.97 Å². The molecule has 0 aromatic heterocycles.